The SMILES string of the molecule is O=C1CCC2CN(C(=O)C3CCCO3)CCC2N1. The summed E-state index contributed by atoms with van der Waals surface area (Å²) in [4.78, 5) is 25.5. The van der Waals surface area contributed by atoms with Crippen molar-refractivity contribution in [1.29, 1.82) is 0 Å². The first-order valence-electron chi connectivity index (χ1n) is 6.94. The highest BCUT2D eigenvalue weighted by Gasteiger charge is 2.37. The first kappa shape index (κ1) is 12.0. The maximum Gasteiger partial charge on any atom is 0.251 e. The van der Waals surface area contributed by atoms with E-state index in [0.29, 0.717) is 18.9 Å². The van der Waals surface area contributed by atoms with Gasteiger partial charge in [-0.25, -0.2) is 0 Å². The van der Waals surface area contributed by atoms with Crippen LogP contribution in [0.1, 0.15) is 32.1 Å². The molecule has 0 spiro atoms. The Morgan fingerprint density at radius 2 is 2.22 bits per heavy atom. The average Bonchev–Trinajstić information content (AvgIpc) is 2.91. The number of hydrogen-bond donors (Lipinski definition) is 1. The fraction of sp³-hybridized carbons (Fsp3) is 0.846. The molecule has 3 aliphatic heterocycles. The summed E-state index contributed by atoms with van der Waals surface area (Å²) in [6.07, 6.45) is 4.04. The van der Waals surface area contributed by atoms with Gasteiger partial charge in [-0.3, -0.25) is 9.59 Å². The zero-order valence-electron chi connectivity index (χ0n) is 10.6. The van der Waals surface area contributed by atoms with Gasteiger partial charge in [-0.15, -0.1) is 0 Å². The summed E-state index contributed by atoms with van der Waals surface area (Å²) in [6, 6.07) is 0.278. The predicted octanol–water partition coefficient (Wildman–Crippen LogP) is 0.293. The quantitative estimate of drug-likeness (QED) is 0.730. The summed E-state index contributed by atoms with van der Waals surface area (Å²) >= 11 is 0. The van der Waals surface area contributed by atoms with Crippen molar-refractivity contribution < 1.29 is 14.3 Å². The molecule has 100 valence electrons. The molecule has 2 amide bonds. The van der Waals surface area contributed by atoms with Crippen LogP contribution in [0.25, 0.3) is 0 Å². The molecule has 3 atom stereocenters. The third kappa shape index (κ3) is 2.23. The fourth-order valence-electron chi connectivity index (χ4n) is 3.29. The van der Waals surface area contributed by atoms with Gasteiger partial charge >= 0.3 is 0 Å². The molecule has 0 saturated carbocycles. The number of ether oxygens (including phenoxy) is 1. The number of amides is 2. The van der Waals surface area contributed by atoms with Crippen LogP contribution in [0.3, 0.4) is 0 Å². The molecule has 5 heteroatoms. The van der Waals surface area contributed by atoms with E-state index < -0.39 is 0 Å². The van der Waals surface area contributed by atoms with Gasteiger partial charge in [0.15, 0.2) is 0 Å². The molecule has 0 aromatic rings. The number of hydrogen-bond acceptors (Lipinski definition) is 3. The van der Waals surface area contributed by atoms with Gasteiger partial charge in [-0.1, -0.05) is 0 Å². The van der Waals surface area contributed by atoms with Crippen LogP contribution in [-0.4, -0.2) is 48.6 Å². The highest BCUT2D eigenvalue weighted by atomic mass is 16.5. The second-order valence-corrected chi connectivity index (χ2v) is 5.55. The first-order chi connectivity index (χ1) is 8.74. The second kappa shape index (κ2) is 4.88. The summed E-state index contributed by atoms with van der Waals surface area (Å²) in [7, 11) is 0. The van der Waals surface area contributed by atoms with Gasteiger partial charge in [-0.05, 0) is 31.6 Å². The van der Waals surface area contributed by atoms with Crippen LogP contribution >= 0.6 is 0 Å². The van der Waals surface area contributed by atoms with Crippen LogP contribution in [0.4, 0.5) is 0 Å². The van der Waals surface area contributed by atoms with Crippen LogP contribution in [-0.2, 0) is 14.3 Å². The van der Waals surface area contributed by atoms with E-state index in [4.69, 9.17) is 4.74 Å². The Labute approximate surface area is 107 Å². The molecule has 3 unspecified atom stereocenters. The third-order valence-corrected chi connectivity index (χ3v) is 4.34. The van der Waals surface area contributed by atoms with Crippen molar-refractivity contribution in [2.24, 2.45) is 5.92 Å². The molecule has 3 aliphatic rings. The standard InChI is InChI=1S/C13H20N2O3/c16-12-4-3-9-8-15(6-5-10(9)14-12)13(17)11-2-1-7-18-11/h9-11H,1-8H2,(H,14,16). The Bertz CT molecular complexity index is 352. The number of fused-ring (bicyclic) bond motifs is 1. The second-order valence-electron chi connectivity index (χ2n) is 5.55. The number of nitrogens with one attached hydrogen (secondary N) is 1. The maximum atomic E-state index is 12.3. The Hall–Kier alpha value is -1.10. The molecule has 5 nitrogen and oxygen atoms in total. The summed E-state index contributed by atoms with van der Waals surface area (Å²) in [5.74, 6) is 0.750. The van der Waals surface area contributed by atoms with Crippen molar-refractivity contribution in [3.8, 4) is 0 Å². The van der Waals surface area contributed by atoms with E-state index in [2.05, 4.69) is 5.32 Å². The van der Waals surface area contributed by atoms with Gasteiger partial charge in [0.05, 0.1) is 0 Å². The van der Waals surface area contributed by atoms with Crippen LogP contribution in [0.2, 0.25) is 0 Å². The minimum absolute atomic E-state index is 0.155. The first-order valence-corrected chi connectivity index (χ1v) is 6.94. The van der Waals surface area contributed by atoms with Crippen molar-refractivity contribution in [3.63, 3.8) is 0 Å². The van der Waals surface area contributed by atoms with Gasteiger partial charge in [-0.2, -0.15) is 0 Å². The van der Waals surface area contributed by atoms with Crippen LogP contribution in [0.5, 0.6) is 0 Å². The van der Waals surface area contributed by atoms with E-state index in [1.165, 1.54) is 0 Å². The van der Waals surface area contributed by atoms with Crippen molar-refractivity contribution in [2.75, 3.05) is 19.7 Å². The summed E-state index contributed by atoms with van der Waals surface area (Å²) in [5.41, 5.74) is 0. The summed E-state index contributed by atoms with van der Waals surface area (Å²) in [5, 5.41) is 3.04. The van der Waals surface area contributed by atoms with Gasteiger partial charge in [0.1, 0.15) is 6.10 Å². The van der Waals surface area contributed by atoms with E-state index in [-0.39, 0.29) is 24.0 Å². The third-order valence-electron chi connectivity index (χ3n) is 4.34. The van der Waals surface area contributed by atoms with Gasteiger partial charge < -0.3 is 15.0 Å². The van der Waals surface area contributed by atoms with Crippen molar-refractivity contribution in [2.45, 2.75) is 44.2 Å². The number of rotatable bonds is 1. The summed E-state index contributed by atoms with van der Waals surface area (Å²) in [6.45, 7) is 2.25. The molecule has 0 bridgehead atoms. The van der Waals surface area contributed by atoms with Gasteiger partial charge in [0, 0.05) is 32.2 Å². The van der Waals surface area contributed by atoms with Crippen molar-refractivity contribution in [1.82, 2.24) is 10.2 Å². The number of likely N-dealkylation sites (tertiary alicyclic amines) is 1. The molecule has 0 radical (unpaired) electrons. The molecule has 3 heterocycles. The lowest BCUT2D eigenvalue weighted by Gasteiger charge is -2.41. The van der Waals surface area contributed by atoms with Gasteiger partial charge in [0.2, 0.25) is 5.91 Å². The number of carbonyl (C=O) groups is 2. The fourth-order valence-corrected chi connectivity index (χ4v) is 3.29. The maximum absolute atomic E-state index is 12.3. The Kier molecular flexibility index (Phi) is 3.24. The number of piperidine rings is 2. The zero-order chi connectivity index (χ0) is 12.5. The Morgan fingerprint density at radius 3 is 3.00 bits per heavy atom. The smallest absolute Gasteiger partial charge is 0.251 e. The summed E-state index contributed by atoms with van der Waals surface area (Å²) < 4.78 is 5.46. The van der Waals surface area contributed by atoms with E-state index >= 15 is 0 Å². The highest BCUT2D eigenvalue weighted by Crippen LogP contribution is 2.26. The van der Waals surface area contributed by atoms with Crippen LogP contribution in [0, 0.1) is 5.92 Å². The molecule has 0 aromatic heterocycles. The molecule has 3 fully saturated rings. The molecule has 3 rings (SSSR count). The lowest BCUT2D eigenvalue weighted by Crippen LogP contribution is -2.56. The van der Waals surface area contributed by atoms with Crippen LogP contribution < -0.4 is 5.32 Å². The highest BCUT2D eigenvalue weighted by molar-refractivity contribution is 5.81. The largest absolute Gasteiger partial charge is 0.368 e. The molecule has 3 saturated heterocycles. The predicted molar refractivity (Wildman–Crippen MR) is 64.8 cm³/mol. The molecular formula is C13H20N2O3. The Balaban J connectivity index is 1.59. The number of carbonyl (C=O) groups excluding carboxylic acids is 2. The molecule has 1 N–H and O–H groups in total. The molecular weight excluding hydrogens is 232 g/mol. The molecule has 0 aromatic carbocycles. The normalized spacial score (nSPS) is 36.1. The molecule has 0 aliphatic carbocycles. The topological polar surface area (TPSA) is 58.6 Å². The van der Waals surface area contributed by atoms with E-state index in [0.717, 1.165) is 38.8 Å². The van der Waals surface area contributed by atoms with Crippen molar-refractivity contribution >= 4 is 11.8 Å². The zero-order valence-corrected chi connectivity index (χ0v) is 10.6. The van der Waals surface area contributed by atoms with E-state index in [1.807, 2.05) is 4.90 Å². The molecule has 18 heavy (non-hydrogen) atoms. The lowest BCUT2D eigenvalue weighted by atomic mass is 9.85. The van der Waals surface area contributed by atoms with Crippen LogP contribution in [0.15, 0.2) is 0 Å². The monoisotopic (exact) mass is 252 g/mol. The average molecular weight is 252 g/mol. The van der Waals surface area contributed by atoms with E-state index in [1.54, 1.807) is 0 Å². The Morgan fingerprint density at radius 1 is 1.33 bits per heavy atom. The number of nitrogens with zero attached hydrogens (tertiary/aromatic N) is 1. The minimum Gasteiger partial charge on any atom is -0.368 e. The lowest BCUT2D eigenvalue weighted by molar-refractivity contribution is -0.144. The van der Waals surface area contributed by atoms with Gasteiger partial charge in [0.25, 0.3) is 5.91 Å². The van der Waals surface area contributed by atoms with E-state index in [9.17, 15) is 9.59 Å². The van der Waals surface area contributed by atoms with Crippen molar-refractivity contribution in [3.05, 3.63) is 0 Å². The minimum atomic E-state index is -0.209.